The van der Waals surface area contributed by atoms with Crippen molar-refractivity contribution in [1.82, 2.24) is 9.78 Å². The van der Waals surface area contributed by atoms with E-state index in [1.807, 2.05) is 23.0 Å². The topological polar surface area (TPSA) is 43.8 Å². The first kappa shape index (κ1) is 11.9. The molecule has 1 aromatic carbocycles. The van der Waals surface area contributed by atoms with Crippen LogP contribution in [-0.2, 0) is 6.42 Å². The molecule has 2 N–H and O–H groups in total. The molecule has 0 radical (unpaired) electrons. The third-order valence-corrected chi connectivity index (χ3v) is 2.78. The van der Waals surface area contributed by atoms with Crippen molar-refractivity contribution in [2.24, 2.45) is 5.73 Å². The number of rotatable bonds is 4. The van der Waals surface area contributed by atoms with Gasteiger partial charge >= 0.3 is 0 Å². The Morgan fingerprint density at radius 3 is 2.65 bits per heavy atom. The number of hydrogen-bond acceptors (Lipinski definition) is 2. The van der Waals surface area contributed by atoms with E-state index in [-0.39, 0.29) is 5.54 Å². The highest BCUT2D eigenvalue weighted by Gasteiger charge is 2.12. The molecule has 0 saturated heterocycles. The molecule has 2 rings (SSSR count). The zero-order valence-electron chi connectivity index (χ0n) is 10.4. The van der Waals surface area contributed by atoms with Gasteiger partial charge in [0.1, 0.15) is 0 Å². The summed E-state index contributed by atoms with van der Waals surface area (Å²) in [4.78, 5) is 0. The third-order valence-electron chi connectivity index (χ3n) is 2.78. The van der Waals surface area contributed by atoms with Crippen molar-refractivity contribution in [3.8, 4) is 5.69 Å². The van der Waals surface area contributed by atoms with E-state index >= 15 is 0 Å². The summed E-state index contributed by atoms with van der Waals surface area (Å²) in [5, 5.41) is 4.28. The van der Waals surface area contributed by atoms with E-state index in [1.165, 1.54) is 5.56 Å². The van der Waals surface area contributed by atoms with Crippen molar-refractivity contribution in [3.63, 3.8) is 0 Å². The molecule has 0 bridgehead atoms. The van der Waals surface area contributed by atoms with E-state index in [0.29, 0.717) is 0 Å². The summed E-state index contributed by atoms with van der Waals surface area (Å²) < 4.78 is 1.90. The van der Waals surface area contributed by atoms with Crippen LogP contribution in [0.1, 0.15) is 25.8 Å². The molecular weight excluding hydrogens is 210 g/mol. The molecule has 0 aliphatic heterocycles. The van der Waals surface area contributed by atoms with Crippen LogP contribution in [0.3, 0.4) is 0 Å². The van der Waals surface area contributed by atoms with E-state index in [4.69, 9.17) is 5.73 Å². The molecule has 3 nitrogen and oxygen atoms in total. The van der Waals surface area contributed by atoms with Gasteiger partial charge in [-0.3, -0.25) is 0 Å². The number of aryl methyl sites for hydroxylation is 1. The second-order valence-electron chi connectivity index (χ2n) is 5.07. The minimum atomic E-state index is -0.128. The molecule has 0 aliphatic rings. The number of para-hydroxylation sites is 1. The lowest BCUT2D eigenvalue weighted by Gasteiger charge is -2.19. The first-order valence-electron chi connectivity index (χ1n) is 5.93. The van der Waals surface area contributed by atoms with Gasteiger partial charge in [-0.1, -0.05) is 18.2 Å². The maximum atomic E-state index is 6.03. The Kier molecular flexibility index (Phi) is 3.29. The Morgan fingerprint density at radius 2 is 2.00 bits per heavy atom. The van der Waals surface area contributed by atoms with Crippen LogP contribution < -0.4 is 5.73 Å². The lowest BCUT2D eigenvalue weighted by atomic mass is 9.96. The van der Waals surface area contributed by atoms with Gasteiger partial charge in [-0.25, -0.2) is 4.68 Å². The molecule has 1 aromatic heterocycles. The zero-order valence-corrected chi connectivity index (χ0v) is 10.4. The largest absolute Gasteiger partial charge is 0.326 e. The summed E-state index contributed by atoms with van der Waals surface area (Å²) in [5.74, 6) is 0. The SMILES string of the molecule is CC(C)(N)CCc1ccccc1-n1cccn1. The van der Waals surface area contributed by atoms with Crippen LogP contribution in [-0.4, -0.2) is 15.3 Å². The molecular formula is C14H19N3. The third kappa shape index (κ3) is 3.17. The molecule has 17 heavy (non-hydrogen) atoms. The standard InChI is InChI=1S/C14H19N3/c1-14(2,15)9-8-12-6-3-4-7-13(12)17-11-5-10-16-17/h3-7,10-11H,8-9,15H2,1-2H3. The first-order chi connectivity index (χ1) is 8.06. The van der Waals surface area contributed by atoms with Gasteiger partial charge < -0.3 is 5.73 Å². The maximum absolute atomic E-state index is 6.03. The van der Waals surface area contributed by atoms with Crippen LogP contribution in [0.5, 0.6) is 0 Å². The highest BCUT2D eigenvalue weighted by Crippen LogP contribution is 2.18. The molecule has 0 unspecified atom stereocenters. The van der Waals surface area contributed by atoms with Gasteiger partial charge in [-0.15, -0.1) is 0 Å². The second kappa shape index (κ2) is 4.72. The predicted octanol–water partition coefficient (Wildman–Crippen LogP) is 2.54. The average molecular weight is 229 g/mol. The molecule has 0 aliphatic carbocycles. The predicted molar refractivity (Wildman–Crippen MR) is 70.2 cm³/mol. The van der Waals surface area contributed by atoms with Gasteiger partial charge in [0.05, 0.1) is 5.69 Å². The van der Waals surface area contributed by atoms with Crippen molar-refractivity contribution in [1.29, 1.82) is 0 Å². The Balaban J connectivity index is 2.23. The van der Waals surface area contributed by atoms with Crippen molar-refractivity contribution in [2.45, 2.75) is 32.2 Å². The number of benzene rings is 1. The van der Waals surface area contributed by atoms with Gasteiger partial charge in [0.2, 0.25) is 0 Å². The van der Waals surface area contributed by atoms with Gasteiger partial charge in [0.25, 0.3) is 0 Å². The highest BCUT2D eigenvalue weighted by atomic mass is 15.3. The van der Waals surface area contributed by atoms with E-state index in [2.05, 4.69) is 37.1 Å². The van der Waals surface area contributed by atoms with E-state index in [0.717, 1.165) is 18.5 Å². The maximum Gasteiger partial charge on any atom is 0.0677 e. The highest BCUT2D eigenvalue weighted by molar-refractivity contribution is 5.40. The molecule has 0 amide bonds. The van der Waals surface area contributed by atoms with Crippen molar-refractivity contribution < 1.29 is 0 Å². The Bertz CT molecular complexity index is 466. The zero-order chi connectivity index (χ0) is 12.3. The normalized spacial score (nSPS) is 11.7. The van der Waals surface area contributed by atoms with Crippen LogP contribution >= 0.6 is 0 Å². The van der Waals surface area contributed by atoms with Crippen molar-refractivity contribution in [2.75, 3.05) is 0 Å². The van der Waals surface area contributed by atoms with Crippen molar-refractivity contribution >= 4 is 0 Å². The minimum Gasteiger partial charge on any atom is -0.326 e. The van der Waals surface area contributed by atoms with Crippen LogP contribution in [0.25, 0.3) is 5.69 Å². The summed E-state index contributed by atoms with van der Waals surface area (Å²) in [6.07, 6.45) is 5.70. The van der Waals surface area contributed by atoms with Gasteiger partial charge in [0.15, 0.2) is 0 Å². The summed E-state index contributed by atoms with van der Waals surface area (Å²) >= 11 is 0. The molecule has 3 heteroatoms. The van der Waals surface area contributed by atoms with E-state index in [9.17, 15) is 0 Å². The minimum absolute atomic E-state index is 0.128. The summed E-state index contributed by atoms with van der Waals surface area (Å²) in [6, 6.07) is 10.3. The average Bonchev–Trinajstić information content (AvgIpc) is 2.79. The summed E-state index contributed by atoms with van der Waals surface area (Å²) in [6.45, 7) is 4.12. The number of nitrogens with zero attached hydrogens (tertiary/aromatic N) is 2. The monoisotopic (exact) mass is 229 g/mol. The molecule has 2 aromatic rings. The summed E-state index contributed by atoms with van der Waals surface area (Å²) in [5.41, 5.74) is 8.33. The number of nitrogens with two attached hydrogens (primary N) is 1. The summed E-state index contributed by atoms with van der Waals surface area (Å²) in [7, 11) is 0. The van der Waals surface area contributed by atoms with Crippen LogP contribution in [0.4, 0.5) is 0 Å². The molecule has 0 atom stereocenters. The molecule has 90 valence electrons. The van der Waals surface area contributed by atoms with Gasteiger partial charge in [-0.05, 0) is 44.4 Å². The van der Waals surface area contributed by atoms with E-state index < -0.39 is 0 Å². The lowest BCUT2D eigenvalue weighted by Crippen LogP contribution is -2.32. The molecule has 0 spiro atoms. The van der Waals surface area contributed by atoms with E-state index in [1.54, 1.807) is 6.20 Å². The van der Waals surface area contributed by atoms with Gasteiger partial charge in [0, 0.05) is 17.9 Å². The Hall–Kier alpha value is -1.61. The Labute approximate surface area is 102 Å². The smallest absolute Gasteiger partial charge is 0.0677 e. The van der Waals surface area contributed by atoms with Gasteiger partial charge in [-0.2, -0.15) is 5.10 Å². The van der Waals surface area contributed by atoms with Crippen LogP contribution in [0.15, 0.2) is 42.7 Å². The fraction of sp³-hybridized carbons (Fsp3) is 0.357. The van der Waals surface area contributed by atoms with Crippen LogP contribution in [0, 0.1) is 0 Å². The van der Waals surface area contributed by atoms with Crippen molar-refractivity contribution in [3.05, 3.63) is 48.3 Å². The molecule has 1 heterocycles. The fourth-order valence-electron chi connectivity index (χ4n) is 1.81. The molecule has 0 fully saturated rings. The second-order valence-corrected chi connectivity index (χ2v) is 5.07. The lowest BCUT2D eigenvalue weighted by molar-refractivity contribution is 0.476. The van der Waals surface area contributed by atoms with Crippen LogP contribution in [0.2, 0.25) is 0 Å². The number of hydrogen-bond donors (Lipinski definition) is 1. The fourth-order valence-corrected chi connectivity index (χ4v) is 1.81. The Morgan fingerprint density at radius 1 is 1.24 bits per heavy atom. The molecule has 0 saturated carbocycles. The number of aromatic nitrogens is 2. The quantitative estimate of drug-likeness (QED) is 0.875. The first-order valence-corrected chi connectivity index (χ1v) is 5.93.